The molecule has 0 radical (unpaired) electrons. The van der Waals surface area contributed by atoms with E-state index in [-0.39, 0.29) is 11.7 Å². The van der Waals surface area contributed by atoms with Crippen LogP contribution in [0.3, 0.4) is 0 Å². The van der Waals surface area contributed by atoms with Crippen LogP contribution < -0.4 is 0 Å². The highest BCUT2D eigenvalue weighted by Crippen LogP contribution is 2.19. The molecule has 1 aromatic rings. The Morgan fingerprint density at radius 2 is 1.95 bits per heavy atom. The van der Waals surface area contributed by atoms with E-state index in [4.69, 9.17) is 11.6 Å². The SMILES string of the molecule is Cc1cc(C(=O)C(C)Cl)c(C)n1CCC(=O)N(C)C. The van der Waals surface area contributed by atoms with Crippen molar-refractivity contribution < 1.29 is 9.59 Å². The van der Waals surface area contributed by atoms with E-state index in [0.717, 1.165) is 11.4 Å². The number of Topliss-reactive ketones (excluding diaryl/α,β-unsaturated/α-hetero) is 1. The minimum atomic E-state index is -0.530. The zero-order valence-corrected chi connectivity index (χ0v) is 12.9. The number of aromatic nitrogens is 1. The number of carbonyl (C=O) groups is 2. The molecule has 1 unspecified atom stereocenters. The number of aryl methyl sites for hydroxylation is 1. The summed E-state index contributed by atoms with van der Waals surface area (Å²) in [5.74, 6) is 0.00559. The molecule has 19 heavy (non-hydrogen) atoms. The second-order valence-corrected chi connectivity index (χ2v) is 5.61. The average Bonchev–Trinajstić information content (AvgIpc) is 2.61. The van der Waals surface area contributed by atoms with E-state index >= 15 is 0 Å². The summed E-state index contributed by atoms with van der Waals surface area (Å²) in [7, 11) is 3.48. The molecule has 0 saturated heterocycles. The molecule has 1 atom stereocenters. The van der Waals surface area contributed by atoms with Crippen LogP contribution in [0.1, 0.15) is 35.1 Å². The van der Waals surface area contributed by atoms with Crippen LogP contribution >= 0.6 is 11.6 Å². The summed E-state index contributed by atoms with van der Waals surface area (Å²) in [5.41, 5.74) is 2.50. The lowest BCUT2D eigenvalue weighted by Crippen LogP contribution is -2.23. The summed E-state index contributed by atoms with van der Waals surface area (Å²) in [4.78, 5) is 25.1. The molecule has 0 aliphatic rings. The van der Waals surface area contributed by atoms with Crippen molar-refractivity contribution in [3.8, 4) is 0 Å². The molecule has 106 valence electrons. The minimum absolute atomic E-state index is 0.0695. The normalized spacial score (nSPS) is 12.3. The van der Waals surface area contributed by atoms with Crippen molar-refractivity contribution in [3.05, 3.63) is 23.0 Å². The van der Waals surface area contributed by atoms with Gasteiger partial charge in [-0.15, -0.1) is 11.6 Å². The topological polar surface area (TPSA) is 42.3 Å². The molecule has 5 heteroatoms. The number of ketones is 1. The van der Waals surface area contributed by atoms with Gasteiger partial charge < -0.3 is 9.47 Å². The summed E-state index contributed by atoms with van der Waals surface area (Å²) in [5, 5.41) is -0.530. The summed E-state index contributed by atoms with van der Waals surface area (Å²) >= 11 is 5.85. The lowest BCUT2D eigenvalue weighted by Gasteiger charge is -2.13. The van der Waals surface area contributed by atoms with E-state index in [1.165, 1.54) is 0 Å². The molecule has 1 rings (SSSR count). The number of amides is 1. The molecule has 0 spiro atoms. The smallest absolute Gasteiger partial charge is 0.223 e. The van der Waals surface area contributed by atoms with Gasteiger partial charge in [0.05, 0.1) is 5.38 Å². The number of nitrogens with zero attached hydrogens (tertiary/aromatic N) is 2. The molecule has 0 fully saturated rings. The second-order valence-electron chi connectivity index (χ2n) is 4.95. The largest absolute Gasteiger partial charge is 0.349 e. The third-order valence-corrected chi connectivity index (χ3v) is 3.45. The van der Waals surface area contributed by atoms with E-state index in [1.54, 1.807) is 25.9 Å². The van der Waals surface area contributed by atoms with Crippen LogP contribution in [0.5, 0.6) is 0 Å². The fourth-order valence-corrected chi connectivity index (χ4v) is 2.16. The summed E-state index contributed by atoms with van der Waals surface area (Å²) in [6, 6.07) is 1.84. The summed E-state index contributed by atoms with van der Waals surface area (Å²) in [6.07, 6.45) is 0.424. The molecule has 4 nitrogen and oxygen atoms in total. The second kappa shape index (κ2) is 6.24. The Hall–Kier alpha value is -1.29. The first-order valence-electron chi connectivity index (χ1n) is 6.30. The fraction of sp³-hybridized carbons (Fsp3) is 0.571. The van der Waals surface area contributed by atoms with Gasteiger partial charge in [-0.2, -0.15) is 0 Å². The standard InChI is InChI=1S/C14H21ClN2O2/c1-9-8-12(14(19)10(2)15)11(3)17(9)7-6-13(18)16(4)5/h8,10H,6-7H2,1-5H3. The lowest BCUT2D eigenvalue weighted by atomic mass is 10.1. The zero-order chi connectivity index (χ0) is 14.7. The highest BCUT2D eigenvalue weighted by molar-refractivity contribution is 6.33. The number of halogens is 1. The zero-order valence-electron chi connectivity index (χ0n) is 12.2. The van der Waals surface area contributed by atoms with Gasteiger partial charge >= 0.3 is 0 Å². The fourth-order valence-electron chi connectivity index (χ4n) is 2.04. The number of carbonyl (C=O) groups excluding carboxylic acids is 2. The van der Waals surface area contributed by atoms with E-state index in [2.05, 4.69) is 0 Å². The molecule has 0 bridgehead atoms. The van der Waals surface area contributed by atoms with Crippen molar-refractivity contribution in [3.63, 3.8) is 0 Å². The van der Waals surface area contributed by atoms with Gasteiger partial charge in [0.1, 0.15) is 0 Å². The van der Waals surface area contributed by atoms with Gasteiger partial charge in [-0.25, -0.2) is 0 Å². The highest BCUT2D eigenvalue weighted by atomic mass is 35.5. The van der Waals surface area contributed by atoms with Gasteiger partial charge in [0, 0.05) is 44.0 Å². The van der Waals surface area contributed by atoms with Gasteiger partial charge in [-0.1, -0.05) is 0 Å². The molecular weight excluding hydrogens is 264 g/mol. The van der Waals surface area contributed by atoms with Crippen LogP contribution in [-0.4, -0.2) is 40.6 Å². The summed E-state index contributed by atoms with van der Waals surface area (Å²) < 4.78 is 1.99. The molecule has 0 aliphatic heterocycles. The molecule has 0 N–H and O–H groups in total. The van der Waals surface area contributed by atoms with Crippen LogP contribution in [-0.2, 0) is 11.3 Å². The Balaban J connectivity index is 2.92. The van der Waals surface area contributed by atoms with Crippen LogP contribution in [0.2, 0.25) is 0 Å². The number of alkyl halides is 1. The predicted octanol–water partition coefficient (Wildman–Crippen LogP) is 2.39. The van der Waals surface area contributed by atoms with Crippen molar-refractivity contribution >= 4 is 23.3 Å². The third kappa shape index (κ3) is 3.60. The molecule has 1 amide bonds. The molecule has 0 saturated carbocycles. The molecule has 0 aromatic carbocycles. The number of hydrogen-bond donors (Lipinski definition) is 0. The average molecular weight is 285 g/mol. The monoisotopic (exact) mass is 284 g/mol. The summed E-state index contributed by atoms with van der Waals surface area (Å²) in [6.45, 7) is 6.08. The van der Waals surface area contributed by atoms with Crippen molar-refractivity contribution in [2.75, 3.05) is 14.1 Å². The predicted molar refractivity (Wildman–Crippen MR) is 76.9 cm³/mol. The molecule has 1 heterocycles. The van der Waals surface area contributed by atoms with Gasteiger partial charge in [0.2, 0.25) is 5.91 Å². The maximum Gasteiger partial charge on any atom is 0.223 e. The lowest BCUT2D eigenvalue weighted by molar-refractivity contribution is -0.128. The van der Waals surface area contributed by atoms with Crippen LogP contribution in [0.4, 0.5) is 0 Å². The van der Waals surface area contributed by atoms with E-state index in [0.29, 0.717) is 18.5 Å². The van der Waals surface area contributed by atoms with E-state index in [9.17, 15) is 9.59 Å². The Kier molecular flexibility index (Phi) is 5.18. The Bertz CT molecular complexity index is 490. The van der Waals surface area contributed by atoms with Gasteiger partial charge in [-0.3, -0.25) is 9.59 Å². The van der Waals surface area contributed by atoms with E-state index in [1.807, 2.05) is 24.5 Å². The number of hydrogen-bond acceptors (Lipinski definition) is 2. The van der Waals surface area contributed by atoms with Gasteiger partial charge in [-0.05, 0) is 26.8 Å². The first kappa shape index (κ1) is 15.8. The quantitative estimate of drug-likeness (QED) is 0.615. The maximum atomic E-state index is 12.0. The number of rotatable bonds is 5. The van der Waals surface area contributed by atoms with Gasteiger partial charge in [0.15, 0.2) is 5.78 Å². The Labute approximate surface area is 119 Å². The highest BCUT2D eigenvalue weighted by Gasteiger charge is 2.19. The van der Waals surface area contributed by atoms with Gasteiger partial charge in [0.25, 0.3) is 0 Å². The van der Waals surface area contributed by atoms with Crippen LogP contribution in [0.25, 0.3) is 0 Å². The maximum absolute atomic E-state index is 12.0. The Morgan fingerprint density at radius 3 is 2.42 bits per heavy atom. The van der Waals surface area contributed by atoms with E-state index < -0.39 is 5.38 Å². The van der Waals surface area contributed by atoms with Crippen LogP contribution in [0.15, 0.2) is 6.07 Å². The Morgan fingerprint density at radius 1 is 1.37 bits per heavy atom. The minimum Gasteiger partial charge on any atom is -0.349 e. The van der Waals surface area contributed by atoms with Crippen molar-refractivity contribution in [2.45, 2.75) is 39.1 Å². The molecule has 0 aliphatic carbocycles. The van der Waals surface area contributed by atoms with Crippen molar-refractivity contribution in [1.82, 2.24) is 9.47 Å². The molecular formula is C14H21ClN2O2. The third-order valence-electron chi connectivity index (χ3n) is 3.25. The first-order valence-corrected chi connectivity index (χ1v) is 6.74. The van der Waals surface area contributed by atoms with Crippen LogP contribution in [0, 0.1) is 13.8 Å². The van der Waals surface area contributed by atoms with Crippen molar-refractivity contribution in [1.29, 1.82) is 0 Å². The van der Waals surface area contributed by atoms with Crippen molar-refractivity contribution in [2.24, 2.45) is 0 Å². The first-order chi connectivity index (χ1) is 8.75. The molecule has 1 aromatic heterocycles.